The number of carbonyl (C=O) groups is 1. The molecule has 0 spiro atoms. The Morgan fingerprint density at radius 2 is 1.95 bits per heavy atom. The molecule has 1 aromatic carbocycles. The molecule has 6 heteroatoms. The molecule has 1 aliphatic heterocycles. The van der Waals surface area contributed by atoms with Gasteiger partial charge in [0.2, 0.25) is 0 Å². The highest BCUT2D eigenvalue weighted by Crippen LogP contribution is 2.20. The van der Waals surface area contributed by atoms with Crippen molar-refractivity contribution in [2.75, 3.05) is 39.3 Å². The van der Waals surface area contributed by atoms with Crippen LogP contribution in [0.2, 0.25) is 0 Å². The Bertz CT molecular complexity index is 488. The fourth-order valence-corrected chi connectivity index (χ4v) is 2.50. The summed E-state index contributed by atoms with van der Waals surface area (Å²) in [6.07, 6.45) is 2.07. The second-order valence-corrected chi connectivity index (χ2v) is 5.29. The summed E-state index contributed by atoms with van der Waals surface area (Å²) >= 11 is 0. The summed E-state index contributed by atoms with van der Waals surface area (Å²) in [5.74, 6) is -1.00. The standard InChI is InChI=1S/C15H22FN3O2/c16-12-3-4-14(20)13(11-12)15(21)19-9-7-18(8-10-19)6-2-1-5-17/h3-4,11,20H,1-2,5-10,17H2. The van der Waals surface area contributed by atoms with Crippen molar-refractivity contribution < 1.29 is 14.3 Å². The molecule has 1 aliphatic rings. The summed E-state index contributed by atoms with van der Waals surface area (Å²) in [6, 6.07) is 3.44. The molecular formula is C15H22FN3O2. The summed E-state index contributed by atoms with van der Waals surface area (Å²) in [6.45, 7) is 4.48. The number of rotatable bonds is 5. The quantitative estimate of drug-likeness (QED) is 0.796. The Hall–Kier alpha value is -1.66. The van der Waals surface area contributed by atoms with Crippen LogP contribution < -0.4 is 5.73 Å². The van der Waals surface area contributed by atoms with Crippen molar-refractivity contribution in [3.05, 3.63) is 29.6 Å². The molecule has 116 valence electrons. The number of phenols is 1. The minimum atomic E-state index is -0.517. The molecule has 0 aliphatic carbocycles. The maximum atomic E-state index is 13.2. The first-order valence-electron chi connectivity index (χ1n) is 7.32. The lowest BCUT2D eigenvalue weighted by atomic mass is 10.1. The molecule has 2 rings (SSSR count). The number of hydrogen-bond acceptors (Lipinski definition) is 4. The highest BCUT2D eigenvalue weighted by atomic mass is 19.1. The zero-order valence-corrected chi connectivity index (χ0v) is 12.1. The first-order chi connectivity index (χ1) is 10.1. The molecule has 0 atom stereocenters. The van der Waals surface area contributed by atoms with Crippen molar-refractivity contribution in [3.8, 4) is 5.75 Å². The average molecular weight is 295 g/mol. The number of nitrogens with zero attached hydrogens (tertiary/aromatic N) is 2. The lowest BCUT2D eigenvalue weighted by Gasteiger charge is -2.34. The predicted octanol–water partition coefficient (Wildman–Crippen LogP) is 1.03. The molecular weight excluding hydrogens is 273 g/mol. The lowest BCUT2D eigenvalue weighted by molar-refractivity contribution is 0.0632. The number of hydrogen-bond donors (Lipinski definition) is 2. The number of nitrogens with two attached hydrogens (primary N) is 1. The molecule has 0 radical (unpaired) electrons. The molecule has 1 saturated heterocycles. The molecule has 1 fully saturated rings. The van der Waals surface area contributed by atoms with Gasteiger partial charge in [-0.15, -0.1) is 0 Å². The minimum absolute atomic E-state index is 0.0339. The number of piperazine rings is 1. The summed E-state index contributed by atoms with van der Waals surface area (Å²) < 4.78 is 13.2. The molecule has 0 aromatic heterocycles. The van der Waals surface area contributed by atoms with Crippen molar-refractivity contribution >= 4 is 5.91 Å². The van der Waals surface area contributed by atoms with Gasteiger partial charge in [0.05, 0.1) is 5.56 Å². The van der Waals surface area contributed by atoms with Gasteiger partial charge >= 0.3 is 0 Å². The van der Waals surface area contributed by atoms with Gasteiger partial charge in [-0.3, -0.25) is 9.69 Å². The highest BCUT2D eigenvalue weighted by Gasteiger charge is 2.23. The summed E-state index contributed by atoms with van der Waals surface area (Å²) in [4.78, 5) is 16.3. The van der Waals surface area contributed by atoms with E-state index in [1.54, 1.807) is 4.90 Å². The predicted molar refractivity (Wildman–Crippen MR) is 78.7 cm³/mol. The van der Waals surface area contributed by atoms with Crippen molar-refractivity contribution in [1.29, 1.82) is 0 Å². The highest BCUT2D eigenvalue weighted by molar-refractivity contribution is 5.96. The Morgan fingerprint density at radius 1 is 1.24 bits per heavy atom. The van der Waals surface area contributed by atoms with Gasteiger partial charge in [-0.1, -0.05) is 0 Å². The van der Waals surface area contributed by atoms with Gasteiger partial charge in [-0.05, 0) is 44.1 Å². The number of aromatic hydroxyl groups is 1. The first kappa shape index (κ1) is 15.7. The molecule has 1 aromatic rings. The first-order valence-corrected chi connectivity index (χ1v) is 7.32. The zero-order chi connectivity index (χ0) is 15.2. The van der Waals surface area contributed by atoms with Gasteiger partial charge in [0.25, 0.3) is 5.91 Å². The molecule has 1 heterocycles. The zero-order valence-electron chi connectivity index (χ0n) is 12.1. The van der Waals surface area contributed by atoms with Crippen LogP contribution in [0.25, 0.3) is 0 Å². The van der Waals surface area contributed by atoms with Crippen LogP contribution in [-0.4, -0.2) is 60.1 Å². The van der Waals surface area contributed by atoms with E-state index < -0.39 is 5.82 Å². The molecule has 5 nitrogen and oxygen atoms in total. The third-order valence-corrected chi connectivity index (χ3v) is 3.78. The van der Waals surface area contributed by atoms with Crippen LogP contribution in [0, 0.1) is 5.82 Å². The molecule has 21 heavy (non-hydrogen) atoms. The van der Waals surface area contributed by atoms with Crippen LogP contribution in [0.5, 0.6) is 5.75 Å². The maximum Gasteiger partial charge on any atom is 0.257 e. The molecule has 0 unspecified atom stereocenters. The van der Waals surface area contributed by atoms with Crippen molar-refractivity contribution in [3.63, 3.8) is 0 Å². The number of benzene rings is 1. The lowest BCUT2D eigenvalue weighted by Crippen LogP contribution is -2.48. The molecule has 3 N–H and O–H groups in total. The second-order valence-electron chi connectivity index (χ2n) is 5.29. The normalized spacial score (nSPS) is 16.2. The van der Waals surface area contributed by atoms with E-state index in [1.807, 2.05) is 0 Å². The smallest absolute Gasteiger partial charge is 0.257 e. The van der Waals surface area contributed by atoms with Crippen LogP contribution in [0.4, 0.5) is 4.39 Å². The van der Waals surface area contributed by atoms with Crippen molar-refractivity contribution in [2.24, 2.45) is 5.73 Å². The van der Waals surface area contributed by atoms with Gasteiger partial charge in [-0.25, -0.2) is 4.39 Å². The van der Waals surface area contributed by atoms with Crippen LogP contribution in [-0.2, 0) is 0 Å². The average Bonchev–Trinajstić information content (AvgIpc) is 2.50. The van der Waals surface area contributed by atoms with Crippen LogP contribution in [0.15, 0.2) is 18.2 Å². The topological polar surface area (TPSA) is 69.8 Å². The van der Waals surface area contributed by atoms with E-state index in [-0.39, 0.29) is 17.2 Å². The van der Waals surface area contributed by atoms with Gasteiger partial charge in [-0.2, -0.15) is 0 Å². The van der Waals surface area contributed by atoms with Gasteiger partial charge in [0, 0.05) is 26.2 Å². The fourth-order valence-electron chi connectivity index (χ4n) is 2.50. The van der Waals surface area contributed by atoms with E-state index in [1.165, 1.54) is 6.07 Å². The van der Waals surface area contributed by atoms with Crippen LogP contribution >= 0.6 is 0 Å². The van der Waals surface area contributed by atoms with E-state index in [9.17, 15) is 14.3 Å². The number of unbranched alkanes of at least 4 members (excludes halogenated alkanes) is 1. The van der Waals surface area contributed by atoms with Crippen LogP contribution in [0.1, 0.15) is 23.2 Å². The third-order valence-electron chi connectivity index (χ3n) is 3.78. The van der Waals surface area contributed by atoms with Crippen molar-refractivity contribution in [1.82, 2.24) is 9.80 Å². The van der Waals surface area contributed by atoms with Gasteiger partial charge in [0.1, 0.15) is 11.6 Å². The summed E-state index contributed by atoms with van der Waals surface area (Å²) in [5, 5.41) is 9.69. The van der Waals surface area contributed by atoms with E-state index in [0.717, 1.165) is 44.6 Å². The van der Waals surface area contributed by atoms with Gasteiger partial charge in [0.15, 0.2) is 0 Å². The maximum absolute atomic E-state index is 13.2. The Balaban J connectivity index is 1.89. The number of amides is 1. The van der Waals surface area contributed by atoms with Crippen LogP contribution in [0.3, 0.4) is 0 Å². The molecule has 1 amide bonds. The SMILES string of the molecule is NCCCCN1CCN(C(=O)c2cc(F)ccc2O)CC1. The number of phenolic OH excluding ortho intramolecular Hbond substituents is 1. The molecule has 0 bridgehead atoms. The summed E-state index contributed by atoms with van der Waals surface area (Å²) in [5.41, 5.74) is 5.50. The van der Waals surface area contributed by atoms with E-state index >= 15 is 0 Å². The molecule has 0 saturated carbocycles. The number of halogens is 1. The second kappa shape index (κ2) is 7.38. The Morgan fingerprint density at radius 3 is 2.62 bits per heavy atom. The van der Waals surface area contributed by atoms with E-state index in [0.29, 0.717) is 19.6 Å². The summed E-state index contributed by atoms with van der Waals surface area (Å²) in [7, 11) is 0. The van der Waals surface area contributed by atoms with E-state index in [2.05, 4.69) is 4.90 Å². The van der Waals surface area contributed by atoms with Gasteiger partial charge < -0.3 is 15.7 Å². The van der Waals surface area contributed by atoms with Crippen molar-refractivity contribution in [2.45, 2.75) is 12.8 Å². The monoisotopic (exact) mass is 295 g/mol. The minimum Gasteiger partial charge on any atom is -0.507 e. The Kier molecular flexibility index (Phi) is 5.52. The largest absolute Gasteiger partial charge is 0.507 e. The number of carbonyl (C=O) groups excluding carboxylic acids is 1. The fraction of sp³-hybridized carbons (Fsp3) is 0.533. The Labute approximate surface area is 124 Å². The third kappa shape index (κ3) is 4.15. The van der Waals surface area contributed by atoms with E-state index in [4.69, 9.17) is 5.73 Å².